The standard InChI is InChI=1S/C12H8N2O2/c15-8-14-11-4-10(6-13-7-11)9-2-1-3-12(16)5-9/h1-7,16H. The fourth-order valence-electron chi connectivity index (χ4n) is 1.38. The zero-order valence-corrected chi connectivity index (χ0v) is 8.29. The number of hydrogen-bond donors (Lipinski definition) is 1. The van der Waals surface area contributed by atoms with Crippen LogP contribution < -0.4 is 0 Å². The molecule has 0 saturated carbocycles. The van der Waals surface area contributed by atoms with Gasteiger partial charge in [0, 0.05) is 11.8 Å². The molecule has 0 bridgehead atoms. The molecule has 4 heteroatoms. The maximum Gasteiger partial charge on any atom is 0.240 e. The molecule has 0 aliphatic carbocycles. The van der Waals surface area contributed by atoms with Crippen molar-refractivity contribution in [3.63, 3.8) is 0 Å². The summed E-state index contributed by atoms with van der Waals surface area (Å²) in [5.74, 6) is 0.182. The van der Waals surface area contributed by atoms with Crippen molar-refractivity contribution >= 4 is 11.8 Å². The summed E-state index contributed by atoms with van der Waals surface area (Å²) in [6.07, 6.45) is 4.57. The lowest BCUT2D eigenvalue weighted by Crippen LogP contribution is -1.79. The number of rotatable bonds is 2. The summed E-state index contributed by atoms with van der Waals surface area (Å²) in [6, 6.07) is 8.48. The van der Waals surface area contributed by atoms with Crippen LogP contribution in [0.5, 0.6) is 5.75 Å². The summed E-state index contributed by atoms with van der Waals surface area (Å²) in [5, 5.41) is 9.34. The van der Waals surface area contributed by atoms with Crippen LogP contribution in [0.2, 0.25) is 0 Å². The fraction of sp³-hybridized carbons (Fsp3) is 0. The first-order valence-corrected chi connectivity index (χ1v) is 4.62. The predicted octanol–water partition coefficient (Wildman–Crippen LogP) is 2.42. The Balaban J connectivity index is 2.48. The van der Waals surface area contributed by atoms with Crippen LogP contribution >= 0.6 is 0 Å². The van der Waals surface area contributed by atoms with Crippen LogP contribution in [-0.2, 0) is 4.79 Å². The first-order chi connectivity index (χ1) is 7.79. The number of hydrogen-bond acceptors (Lipinski definition) is 4. The lowest BCUT2D eigenvalue weighted by atomic mass is 10.1. The van der Waals surface area contributed by atoms with Gasteiger partial charge in [0.05, 0.1) is 11.9 Å². The van der Waals surface area contributed by atoms with E-state index in [1.54, 1.807) is 30.5 Å². The predicted molar refractivity (Wildman–Crippen MR) is 59.1 cm³/mol. The second-order valence-electron chi connectivity index (χ2n) is 3.19. The third-order valence-electron chi connectivity index (χ3n) is 2.08. The molecule has 0 aliphatic heterocycles. The van der Waals surface area contributed by atoms with Gasteiger partial charge in [-0.3, -0.25) is 4.98 Å². The molecule has 2 aromatic rings. The molecule has 0 radical (unpaired) electrons. The summed E-state index contributed by atoms with van der Waals surface area (Å²) in [7, 11) is 0. The van der Waals surface area contributed by atoms with Crippen molar-refractivity contribution in [3.05, 3.63) is 42.7 Å². The Morgan fingerprint density at radius 2 is 2.06 bits per heavy atom. The minimum atomic E-state index is 0.182. The topological polar surface area (TPSA) is 62.5 Å². The molecular weight excluding hydrogens is 204 g/mol. The number of phenols is 1. The van der Waals surface area contributed by atoms with Gasteiger partial charge in [-0.25, -0.2) is 4.79 Å². The summed E-state index contributed by atoms with van der Waals surface area (Å²) in [6.45, 7) is 0. The van der Waals surface area contributed by atoms with Gasteiger partial charge >= 0.3 is 0 Å². The van der Waals surface area contributed by atoms with E-state index in [9.17, 15) is 9.90 Å². The van der Waals surface area contributed by atoms with Gasteiger partial charge in [0.15, 0.2) is 0 Å². The third kappa shape index (κ3) is 2.13. The number of carbonyl (C=O) groups excluding carboxylic acids is 1. The molecule has 1 aromatic carbocycles. The Hall–Kier alpha value is -2.45. The zero-order valence-electron chi connectivity index (χ0n) is 8.29. The van der Waals surface area contributed by atoms with Crippen molar-refractivity contribution in [1.82, 2.24) is 4.98 Å². The number of benzene rings is 1. The van der Waals surface area contributed by atoms with Gasteiger partial charge in [-0.2, -0.15) is 4.99 Å². The van der Waals surface area contributed by atoms with Gasteiger partial charge in [0.25, 0.3) is 0 Å². The monoisotopic (exact) mass is 212 g/mol. The van der Waals surface area contributed by atoms with E-state index in [2.05, 4.69) is 9.98 Å². The van der Waals surface area contributed by atoms with Gasteiger partial charge in [-0.05, 0) is 23.8 Å². The maximum absolute atomic E-state index is 10.1. The van der Waals surface area contributed by atoms with Gasteiger partial charge in [-0.1, -0.05) is 12.1 Å². The highest BCUT2D eigenvalue weighted by Crippen LogP contribution is 2.25. The quantitative estimate of drug-likeness (QED) is 0.614. The minimum absolute atomic E-state index is 0.182. The van der Waals surface area contributed by atoms with Crippen LogP contribution in [0.25, 0.3) is 11.1 Å². The number of isocyanates is 1. The third-order valence-corrected chi connectivity index (χ3v) is 2.08. The fourth-order valence-corrected chi connectivity index (χ4v) is 1.38. The van der Waals surface area contributed by atoms with Gasteiger partial charge in [-0.15, -0.1) is 0 Å². The number of aromatic nitrogens is 1. The molecule has 78 valence electrons. The molecule has 0 spiro atoms. The van der Waals surface area contributed by atoms with Crippen molar-refractivity contribution < 1.29 is 9.90 Å². The van der Waals surface area contributed by atoms with Crippen LogP contribution in [0.3, 0.4) is 0 Å². The number of nitrogens with zero attached hydrogens (tertiary/aromatic N) is 2. The highest BCUT2D eigenvalue weighted by molar-refractivity contribution is 5.67. The summed E-state index contributed by atoms with van der Waals surface area (Å²) >= 11 is 0. The Labute approximate surface area is 91.9 Å². The van der Waals surface area contributed by atoms with Crippen LogP contribution in [-0.4, -0.2) is 16.2 Å². The van der Waals surface area contributed by atoms with Crippen LogP contribution in [0.4, 0.5) is 5.69 Å². The first-order valence-electron chi connectivity index (χ1n) is 4.62. The molecule has 16 heavy (non-hydrogen) atoms. The summed E-state index contributed by atoms with van der Waals surface area (Å²) in [4.78, 5) is 17.6. The van der Waals surface area contributed by atoms with Gasteiger partial charge in [0.2, 0.25) is 6.08 Å². The molecule has 2 rings (SSSR count). The number of aromatic hydroxyl groups is 1. The highest BCUT2D eigenvalue weighted by Gasteiger charge is 2.00. The first kappa shape index (κ1) is 10.1. The Kier molecular flexibility index (Phi) is 2.76. The van der Waals surface area contributed by atoms with E-state index in [0.717, 1.165) is 11.1 Å². The van der Waals surface area contributed by atoms with E-state index in [0.29, 0.717) is 5.69 Å². The van der Waals surface area contributed by atoms with Crippen molar-refractivity contribution in [2.45, 2.75) is 0 Å². The van der Waals surface area contributed by atoms with Crippen molar-refractivity contribution in [2.24, 2.45) is 4.99 Å². The van der Waals surface area contributed by atoms with E-state index in [4.69, 9.17) is 0 Å². The molecule has 0 aliphatic rings. The summed E-state index contributed by atoms with van der Waals surface area (Å²) < 4.78 is 0. The molecule has 4 nitrogen and oxygen atoms in total. The number of pyridine rings is 1. The molecule has 0 unspecified atom stereocenters. The second kappa shape index (κ2) is 4.38. The lowest BCUT2D eigenvalue weighted by Gasteiger charge is -2.01. The molecule has 1 N–H and O–H groups in total. The van der Waals surface area contributed by atoms with E-state index in [-0.39, 0.29) is 5.75 Å². The van der Waals surface area contributed by atoms with Gasteiger partial charge < -0.3 is 5.11 Å². The van der Waals surface area contributed by atoms with E-state index in [1.807, 2.05) is 6.07 Å². The largest absolute Gasteiger partial charge is 0.508 e. The zero-order chi connectivity index (χ0) is 11.4. The van der Waals surface area contributed by atoms with Crippen molar-refractivity contribution in [1.29, 1.82) is 0 Å². The number of phenolic OH excluding ortho intramolecular Hbond substituents is 1. The van der Waals surface area contributed by atoms with Crippen LogP contribution in [0.15, 0.2) is 47.7 Å². The van der Waals surface area contributed by atoms with E-state index >= 15 is 0 Å². The average molecular weight is 212 g/mol. The van der Waals surface area contributed by atoms with Crippen LogP contribution in [0, 0.1) is 0 Å². The smallest absolute Gasteiger partial charge is 0.240 e. The summed E-state index contributed by atoms with van der Waals surface area (Å²) in [5.41, 5.74) is 2.04. The number of aliphatic imine (C=N–C) groups is 1. The average Bonchev–Trinajstić information content (AvgIpc) is 2.30. The SMILES string of the molecule is O=C=Nc1cncc(-c2cccc(O)c2)c1. The van der Waals surface area contributed by atoms with Crippen molar-refractivity contribution in [2.75, 3.05) is 0 Å². The van der Waals surface area contributed by atoms with Crippen molar-refractivity contribution in [3.8, 4) is 16.9 Å². The molecular formula is C12H8N2O2. The molecule has 0 atom stereocenters. The maximum atomic E-state index is 10.1. The van der Waals surface area contributed by atoms with Gasteiger partial charge in [0.1, 0.15) is 5.75 Å². The second-order valence-corrected chi connectivity index (χ2v) is 3.19. The molecule has 0 saturated heterocycles. The Morgan fingerprint density at radius 1 is 1.19 bits per heavy atom. The Bertz CT molecular complexity index is 560. The normalized spacial score (nSPS) is 9.50. The van der Waals surface area contributed by atoms with E-state index in [1.165, 1.54) is 12.3 Å². The lowest BCUT2D eigenvalue weighted by molar-refractivity contribution is 0.475. The molecule has 0 fully saturated rings. The van der Waals surface area contributed by atoms with Crippen LogP contribution in [0.1, 0.15) is 0 Å². The Morgan fingerprint density at radius 3 is 2.81 bits per heavy atom. The molecule has 0 amide bonds. The minimum Gasteiger partial charge on any atom is -0.508 e. The highest BCUT2D eigenvalue weighted by atomic mass is 16.3. The van der Waals surface area contributed by atoms with E-state index < -0.39 is 0 Å². The molecule has 1 heterocycles. The molecule has 1 aromatic heterocycles.